The third kappa shape index (κ3) is 4.61. The minimum atomic E-state index is -0.0255. The first-order valence-corrected chi connectivity index (χ1v) is 10.0. The Hall–Kier alpha value is -1.95. The van der Waals surface area contributed by atoms with Crippen molar-refractivity contribution in [3.05, 3.63) is 41.2 Å². The number of aromatic nitrogens is 2. The molecule has 1 aliphatic rings. The SMILES string of the molecule is Cc1cccc(CCC(=O)N2CCN(c3nc(C(C)(C)C)ns3)CC2)c1. The van der Waals surface area contributed by atoms with Crippen LogP contribution in [0.15, 0.2) is 24.3 Å². The van der Waals surface area contributed by atoms with Gasteiger partial charge >= 0.3 is 0 Å². The van der Waals surface area contributed by atoms with Gasteiger partial charge in [0.25, 0.3) is 0 Å². The normalized spacial score (nSPS) is 15.4. The molecule has 0 spiro atoms. The van der Waals surface area contributed by atoms with Crippen LogP contribution in [-0.2, 0) is 16.6 Å². The summed E-state index contributed by atoms with van der Waals surface area (Å²) in [6.45, 7) is 11.7. The fraction of sp³-hybridized carbons (Fsp3) is 0.550. The zero-order valence-corrected chi connectivity index (χ0v) is 17.0. The van der Waals surface area contributed by atoms with Crippen LogP contribution < -0.4 is 4.90 Å². The Morgan fingerprint density at radius 3 is 2.54 bits per heavy atom. The standard InChI is InChI=1S/C20H28N4OS/c1-15-6-5-7-16(14-15)8-9-17(25)23-10-12-24(13-11-23)19-21-18(22-26-19)20(2,3)4/h5-7,14H,8-13H2,1-4H3. The highest BCUT2D eigenvalue weighted by Gasteiger charge is 2.25. The largest absolute Gasteiger partial charge is 0.343 e. The van der Waals surface area contributed by atoms with Crippen molar-refractivity contribution in [2.24, 2.45) is 0 Å². The zero-order chi connectivity index (χ0) is 18.7. The molecule has 1 fully saturated rings. The third-order valence-corrected chi connectivity index (χ3v) is 5.48. The zero-order valence-electron chi connectivity index (χ0n) is 16.2. The molecule has 1 saturated heterocycles. The van der Waals surface area contributed by atoms with Gasteiger partial charge in [0.15, 0.2) is 0 Å². The van der Waals surface area contributed by atoms with E-state index in [2.05, 4.69) is 66.2 Å². The van der Waals surface area contributed by atoms with Gasteiger partial charge in [-0.3, -0.25) is 4.79 Å². The number of nitrogens with zero attached hydrogens (tertiary/aromatic N) is 4. The van der Waals surface area contributed by atoms with Crippen LogP contribution in [-0.4, -0.2) is 46.3 Å². The topological polar surface area (TPSA) is 49.3 Å². The molecule has 0 saturated carbocycles. The van der Waals surface area contributed by atoms with Crippen molar-refractivity contribution in [3.8, 4) is 0 Å². The lowest BCUT2D eigenvalue weighted by molar-refractivity contribution is -0.131. The molecule has 0 atom stereocenters. The summed E-state index contributed by atoms with van der Waals surface area (Å²) in [7, 11) is 0. The van der Waals surface area contributed by atoms with Crippen LogP contribution in [0.2, 0.25) is 0 Å². The van der Waals surface area contributed by atoms with E-state index in [4.69, 9.17) is 0 Å². The van der Waals surface area contributed by atoms with Crippen molar-refractivity contribution >= 4 is 22.6 Å². The molecule has 5 nitrogen and oxygen atoms in total. The smallest absolute Gasteiger partial charge is 0.223 e. The van der Waals surface area contributed by atoms with Crippen LogP contribution in [0, 0.1) is 6.92 Å². The van der Waals surface area contributed by atoms with Crippen molar-refractivity contribution in [2.45, 2.75) is 46.0 Å². The van der Waals surface area contributed by atoms with Crippen molar-refractivity contribution in [1.29, 1.82) is 0 Å². The lowest BCUT2D eigenvalue weighted by Crippen LogP contribution is -2.48. The molecular weight excluding hydrogens is 344 g/mol. The van der Waals surface area contributed by atoms with E-state index in [1.54, 1.807) is 0 Å². The predicted molar refractivity (Wildman–Crippen MR) is 107 cm³/mol. The minimum absolute atomic E-state index is 0.0255. The Labute approximate surface area is 160 Å². The summed E-state index contributed by atoms with van der Waals surface area (Å²) in [4.78, 5) is 21.4. The molecule has 2 heterocycles. The van der Waals surface area contributed by atoms with Gasteiger partial charge in [0.2, 0.25) is 11.0 Å². The average molecular weight is 373 g/mol. The number of carbonyl (C=O) groups is 1. The van der Waals surface area contributed by atoms with Gasteiger partial charge < -0.3 is 9.80 Å². The summed E-state index contributed by atoms with van der Waals surface area (Å²) >= 11 is 1.46. The van der Waals surface area contributed by atoms with Gasteiger partial charge in [-0.05, 0) is 18.9 Å². The lowest BCUT2D eigenvalue weighted by Gasteiger charge is -2.34. The fourth-order valence-corrected chi connectivity index (χ4v) is 3.98. The quantitative estimate of drug-likeness (QED) is 0.825. The number of piperazine rings is 1. The maximum Gasteiger partial charge on any atom is 0.223 e. The molecule has 1 aliphatic heterocycles. The van der Waals surface area contributed by atoms with Gasteiger partial charge in [-0.25, -0.2) is 4.98 Å². The third-order valence-electron chi connectivity index (χ3n) is 4.70. The highest BCUT2D eigenvalue weighted by atomic mass is 32.1. The Kier molecular flexibility index (Phi) is 5.61. The lowest BCUT2D eigenvalue weighted by atomic mass is 9.96. The number of hydrogen-bond donors (Lipinski definition) is 0. The molecule has 26 heavy (non-hydrogen) atoms. The number of aryl methyl sites for hydroxylation is 2. The van der Waals surface area contributed by atoms with Gasteiger partial charge in [-0.15, -0.1) is 0 Å². The molecular formula is C20H28N4OS. The van der Waals surface area contributed by atoms with Crippen LogP contribution in [0.5, 0.6) is 0 Å². The van der Waals surface area contributed by atoms with Crippen LogP contribution in [0.3, 0.4) is 0 Å². The van der Waals surface area contributed by atoms with Crippen molar-refractivity contribution < 1.29 is 4.79 Å². The van der Waals surface area contributed by atoms with E-state index >= 15 is 0 Å². The Balaban J connectivity index is 1.50. The van der Waals surface area contributed by atoms with Crippen LogP contribution in [0.25, 0.3) is 0 Å². The van der Waals surface area contributed by atoms with Crippen molar-refractivity contribution in [2.75, 3.05) is 31.1 Å². The maximum absolute atomic E-state index is 12.5. The number of anilines is 1. The Bertz CT molecular complexity index is 757. The summed E-state index contributed by atoms with van der Waals surface area (Å²) in [5.41, 5.74) is 2.46. The van der Waals surface area contributed by atoms with E-state index in [1.807, 2.05) is 4.90 Å². The number of carbonyl (C=O) groups excluding carboxylic acids is 1. The summed E-state index contributed by atoms with van der Waals surface area (Å²) in [6, 6.07) is 8.40. The maximum atomic E-state index is 12.5. The molecule has 1 aromatic carbocycles. The highest BCUT2D eigenvalue weighted by Crippen LogP contribution is 2.26. The molecule has 0 aliphatic carbocycles. The van der Waals surface area contributed by atoms with Gasteiger partial charge in [0.1, 0.15) is 5.82 Å². The monoisotopic (exact) mass is 372 g/mol. The van der Waals surface area contributed by atoms with E-state index in [-0.39, 0.29) is 11.3 Å². The number of rotatable bonds is 4. The number of benzene rings is 1. The molecule has 2 aromatic rings. The van der Waals surface area contributed by atoms with E-state index < -0.39 is 0 Å². The number of amides is 1. The number of hydrogen-bond acceptors (Lipinski definition) is 5. The molecule has 0 radical (unpaired) electrons. The van der Waals surface area contributed by atoms with Crippen molar-refractivity contribution in [1.82, 2.24) is 14.3 Å². The Morgan fingerprint density at radius 2 is 1.92 bits per heavy atom. The molecule has 3 rings (SSSR count). The van der Waals surface area contributed by atoms with Crippen molar-refractivity contribution in [3.63, 3.8) is 0 Å². The van der Waals surface area contributed by atoms with Gasteiger partial charge in [-0.2, -0.15) is 4.37 Å². The molecule has 0 N–H and O–H groups in total. The van der Waals surface area contributed by atoms with E-state index in [0.29, 0.717) is 6.42 Å². The van der Waals surface area contributed by atoms with Gasteiger partial charge in [0.05, 0.1) is 0 Å². The molecule has 0 unspecified atom stereocenters. The second-order valence-electron chi connectivity index (χ2n) is 8.01. The first kappa shape index (κ1) is 18.8. The predicted octanol–water partition coefficient (Wildman–Crippen LogP) is 3.43. The summed E-state index contributed by atoms with van der Waals surface area (Å²) < 4.78 is 4.50. The van der Waals surface area contributed by atoms with Crippen LogP contribution >= 0.6 is 11.5 Å². The van der Waals surface area contributed by atoms with E-state index in [1.165, 1.54) is 22.7 Å². The molecule has 1 aromatic heterocycles. The van der Waals surface area contributed by atoms with Gasteiger partial charge in [0, 0.05) is 49.5 Å². The molecule has 6 heteroatoms. The van der Waals surface area contributed by atoms with Crippen LogP contribution in [0.1, 0.15) is 44.1 Å². The molecule has 1 amide bonds. The van der Waals surface area contributed by atoms with Gasteiger partial charge in [-0.1, -0.05) is 50.6 Å². The summed E-state index contributed by atoms with van der Waals surface area (Å²) in [5, 5.41) is 0.974. The Morgan fingerprint density at radius 1 is 1.19 bits per heavy atom. The average Bonchev–Trinajstić information content (AvgIpc) is 3.10. The molecule has 0 bridgehead atoms. The summed E-state index contributed by atoms with van der Waals surface area (Å²) in [6.07, 6.45) is 1.39. The fourth-order valence-electron chi connectivity index (χ4n) is 3.07. The van der Waals surface area contributed by atoms with E-state index in [9.17, 15) is 4.79 Å². The first-order valence-electron chi connectivity index (χ1n) is 9.25. The summed E-state index contributed by atoms with van der Waals surface area (Å²) in [5.74, 6) is 1.15. The molecule has 140 valence electrons. The minimum Gasteiger partial charge on any atom is -0.343 e. The highest BCUT2D eigenvalue weighted by molar-refractivity contribution is 7.09. The van der Waals surface area contributed by atoms with Crippen LogP contribution in [0.4, 0.5) is 5.13 Å². The second-order valence-corrected chi connectivity index (χ2v) is 8.74. The first-order chi connectivity index (χ1) is 12.3. The second kappa shape index (κ2) is 7.74. The van der Waals surface area contributed by atoms with E-state index in [0.717, 1.165) is 43.6 Å².